The Bertz CT molecular complexity index is 133. The van der Waals surface area contributed by atoms with Crippen molar-refractivity contribution in [2.45, 2.75) is 20.0 Å². The molecule has 0 aliphatic carbocycles. The molecule has 1 atom stereocenters. The van der Waals surface area contributed by atoms with Crippen LogP contribution < -0.4 is 0 Å². The molecule has 4 heteroatoms. The summed E-state index contributed by atoms with van der Waals surface area (Å²) < 4.78 is 9.40. The van der Waals surface area contributed by atoms with E-state index in [2.05, 4.69) is 4.74 Å². The van der Waals surface area contributed by atoms with Crippen molar-refractivity contribution in [1.29, 1.82) is 0 Å². The van der Waals surface area contributed by atoms with Gasteiger partial charge in [0.2, 0.25) is 0 Å². The second-order valence-corrected chi connectivity index (χ2v) is 2.89. The Kier molecular flexibility index (Phi) is 5.66. The van der Waals surface area contributed by atoms with E-state index >= 15 is 0 Å². The summed E-state index contributed by atoms with van der Waals surface area (Å²) in [5.41, 5.74) is 0. The quantitative estimate of drug-likeness (QED) is 0.608. The third kappa shape index (κ3) is 5.09. The molecule has 4 nitrogen and oxygen atoms in total. The van der Waals surface area contributed by atoms with Gasteiger partial charge in [-0.2, -0.15) is 0 Å². The highest BCUT2D eigenvalue weighted by Crippen LogP contribution is 1.96. The normalized spacial score (nSPS) is 13.1. The van der Waals surface area contributed by atoms with Gasteiger partial charge in [-0.25, -0.2) is 0 Å². The Hall–Kier alpha value is -0.610. The molecule has 0 heterocycles. The zero-order valence-electron chi connectivity index (χ0n) is 7.74. The van der Waals surface area contributed by atoms with Crippen LogP contribution in [0, 0.1) is 5.92 Å². The molecule has 0 bridgehead atoms. The van der Waals surface area contributed by atoms with Gasteiger partial charge in [-0.1, -0.05) is 13.8 Å². The minimum absolute atomic E-state index is 0.00481. The standard InChI is InChI=1S/C8H16O4/c1-6(2)8(10)12-5-7(9)4-11-3/h6-7,9H,4-5H2,1-3H3. The molecule has 12 heavy (non-hydrogen) atoms. The molecule has 0 radical (unpaired) electrons. The maximum Gasteiger partial charge on any atom is 0.308 e. The highest BCUT2D eigenvalue weighted by atomic mass is 16.5. The Balaban J connectivity index is 3.47. The van der Waals surface area contributed by atoms with Crippen molar-refractivity contribution in [3.8, 4) is 0 Å². The summed E-state index contributed by atoms with van der Waals surface area (Å²) >= 11 is 0. The summed E-state index contributed by atoms with van der Waals surface area (Å²) in [7, 11) is 1.48. The molecule has 72 valence electrons. The van der Waals surface area contributed by atoms with Gasteiger partial charge in [-0.05, 0) is 0 Å². The van der Waals surface area contributed by atoms with E-state index in [0.717, 1.165) is 0 Å². The molecule has 0 saturated carbocycles. The van der Waals surface area contributed by atoms with Crippen LogP contribution in [-0.2, 0) is 14.3 Å². The van der Waals surface area contributed by atoms with Gasteiger partial charge in [0.15, 0.2) is 0 Å². The molecule has 0 aromatic carbocycles. The van der Waals surface area contributed by atoms with Crippen LogP contribution in [0.1, 0.15) is 13.8 Å². The molecule has 1 unspecified atom stereocenters. The highest BCUT2D eigenvalue weighted by molar-refractivity contribution is 5.71. The molecule has 0 aliphatic heterocycles. The van der Waals surface area contributed by atoms with Crippen LogP contribution in [0.4, 0.5) is 0 Å². The Morgan fingerprint density at radius 1 is 1.42 bits per heavy atom. The SMILES string of the molecule is COCC(O)COC(=O)C(C)C. The van der Waals surface area contributed by atoms with E-state index in [1.54, 1.807) is 13.8 Å². The fourth-order valence-corrected chi connectivity index (χ4v) is 0.585. The molecule has 0 aromatic heterocycles. The predicted octanol–water partition coefficient (Wildman–Crippen LogP) is 0.193. The number of carbonyl (C=O) groups excluding carboxylic acids is 1. The zero-order chi connectivity index (χ0) is 9.56. The summed E-state index contributed by atoms with van der Waals surface area (Å²) in [5.74, 6) is -0.454. The minimum atomic E-state index is -0.724. The molecular weight excluding hydrogens is 160 g/mol. The highest BCUT2D eigenvalue weighted by Gasteiger charge is 2.11. The smallest absolute Gasteiger partial charge is 0.308 e. The van der Waals surface area contributed by atoms with Crippen LogP contribution in [0.5, 0.6) is 0 Å². The molecule has 0 aromatic rings. The number of carbonyl (C=O) groups is 1. The van der Waals surface area contributed by atoms with E-state index in [1.807, 2.05) is 0 Å². The number of esters is 1. The largest absolute Gasteiger partial charge is 0.463 e. The van der Waals surface area contributed by atoms with Gasteiger partial charge in [-0.15, -0.1) is 0 Å². The Morgan fingerprint density at radius 2 is 2.00 bits per heavy atom. The van der Waals surface area contributed by atoms with Crippen LogP contribution in [0.15, 0.2) is 0 Å². The first-order chi connectivity index (χ1) is 5.57. The molecule has 0 amide bonds. The summed E-state index contributed by atoms with van der Waals surface area (Å²) in [6.45, 7) is 3.67. The lowest BCUT2D eigenvalue weighted by Gasteiger charge is -2.11. The first-order valence-electron chi connectivity index (χ1n) is 3.91. The third-order valence-electron chi connectivity index (χ3n) is 1.25. The summed E-state index contributed by atoms with van der Waals surface area (Å²) in [6, 6.07) is 0. The summed E-state index contributed by atoms with van der Waals surface area (Å²) in [5, 5.41) is 9.08. The third-order valence-corrected chi connectivity index (χ3v) is 1.25. The van der Waals surface area contributed by atoms with Crippen molar-refractivity contribution in [2.24, 2.45) is 5.92 Å². The van der Waals surface area contributed by atoms with E-state index in [9.17, 15) is 4.79 Å². The van der Waals surface area contributed by atoms with Crippen LogP contribution in [0.25, 0.3) is 0 Å². The molecule has 0 saturated heterocycles. The number of hydrogen-bond acceptors (Lipinski definition) is 4. The number of aliphatic hydroxyl groups is 1. The summed E-state index contributed by atoms with van der Waals surface area (Å²) in [4.78, 5) is 10.9. The second kappa shape index (κ2) is 5.97. The average molecular weight is 176 g/mol. The molecule has 1 N–H and O–H groups in total. The number of ether oxygens (including phenoxy) is 2. The van der Waals surface area contributed by atoms with Gasteiger partial charge >= 0.3 is 5.97 Å². The van der Waals surface area contributed by atoms with Crippen molar-refractivity contribution >= 4 is 5.97 Å². The zero-order valence-corrected chi connectivity index (χ0v) is 7.74. The fourth-order valence-electron chi connectivity index (χ4n) is 0.585. The number of hydrogen-bond donors (Lipinski definition) is 1. The van der Waals surface area contributed by atoms with E-state index in [1.165, 1.54) is 7.11 Å². The van der Waals surface area contributed by atoms with Gasteiger partial charge in [-0.3, -0.25) is 4.79 Å². The van der Waals surface area contributed by atoms with Gasteiger partial charge < -0.3 is 14.6 Å². The lowest BCUT2D eigenvalue weighted by atomic mass is 10.2. The number of aliphatic hydroxyl groups excluding tert-OH is 1. The maximum atomic E-state index is 10.9. The van der Waals surface area contributed by atoms with Crippen molar-refractivity contribution < 1.29 is 19.4 Å². The van der Waals surface area contributed by atoms with E-state index in [4.69, 9.17) is 9.84 Å². The first-order valence-corrected chi connectivity index (χ1v) is 3.91. The molecule has 0 spiro atoms. The summed E-state index contributed by atoms with van der Waals surface area (Å²) in [6.07, 6.45) is -0.724. The van der Waals surface area contributed by atoms with Gasteiger partial charge in [0.05, 0.1) is 12.5 Å². The lowest BCUT2D eigenvalue weighted by Crippen LogP contribution is -2.24. The van der Waals surface area contributed by atoms with Gasteiger partial charge in [0, 0.05) is 7.11 Å². The monoisotopic (exact) mass is 176 g/mol. The lowest BCUT2D eigenvalue weighted by molar-refractivity contribution is -0.151. The topological polar surface area (TPSA) is 55.8 Å². The Labute approximate surface area is 72.5 Å². The molecular formula is C8H16O4. The van der Waals surface area contributed by atoms with Gasteiger partial charge in [0.1, 0.15) is 12.7 Å². The van der Waals surface area contributed by atoms with Gasteiger partial charge in [0.25, 0.3) is 0 Å². The minimum Gasteiger partial charge on any atom is -0.463 e. The average Bonchev–Trinajstić information content (AvgIpc) is 2.00. The van der Waals surface area contributed by atoms with Crippen LogP contribution in [0.3, 0.4) is 0 Å². The van der Waals surface area contributed by atoms with E-state index < -0.39 is 6.10 Å². The fraction of sp³-hybridized carbons (Fsp3) is 0.875. The maximum absolute atomic E-state index is 10.9. The molecule has 0 rings (SSSR count). The van der Waals surface area contributed by atoms with Crippen molar-refractivity contribution in [1.82, 2.24) is 0 Å². The van der Waals surface area contributed by atoms with Crippen molar-refractivity contribution in [3.05, 3.63) is 0 Å². The van der Waals surface area contributed by atoms with Crippen molar-refractivity contribution in [2.75, 3.05) is 20.3 Å². The first kappa shape index (κ1) is 11.4. The predicted molar refractivity (Wildman–Crippen MR) is 43.7 cm³/mol. The van der Waals surface area contributed by atoms with Crippen LogP contribution in [-0.4, -0.2) is 37.5 Å². The molecule has 0 fully saturated rings. The van der Waals surface area contributed by atoms with Crippen molar-refractivity contribution in [3.63, 3.8) is 0 Å². The Morgan fingerprint density at radius 3 is 2.42 bits per heavy atom. The van der Waals surface area contributed by atoms with E-state index in [0.29, 0.717) is 0 Å². The number of rotatable bonds is 5. The second-order valence-electron chi connectivity index (χ2n) is 2.89. The number of methoxy groups -OCH3 is 1. The van der Waals surface area contributed by atoms with E-state index in [-0.39, 0.29) is 25.1 Å². The van der Waals surface area contributed by atoms with Crippen LogP contribution >= 0.6 is 0 Å². The van der Waals surface area contributed by atoms with Crippen LogP contribution in [0.2, 0.25) is 0 Å². The molecule has 0 aliphatic rings.